The first-order valence-corrected chi connectivity index (χ1v) is 8.05. The van der Waals surface area contributed by atoms with Crippen molar-refractivity contribution in [2.24, 2.45) is 0 Å². The molecule has 118 valence electrons. The predicted molar refractivity (Wildman–Crippen MR) is 86.1 cm³/mol. The molecule has 0 spiro atoms. The monoisotopic (exact) mass is 292 g/mol. The number of hydrogen-bond donors (Lipinski definition) is 0. The molecule has 0 saturated heterocycles. The number of carbonyl (C=O) groups excluding carboxylic acids is 1. The third-order valence-electron chi connectivity index (χ3n) is 3.40. The molecule has 0 aliphatic heterocycles. The molecule has 0 aliphatic carbocycles. The zero-order valence-electron chi connectivity index (χ0n) is 13.4. The molecule has 3 nitrogen and oxygen atoms in total. The highest BCUT2D eigenvalue weighted by molar-refractivity contribution is 5.94. The average molecular weight is 292 g/mol. The van der Waals surface area contributed by atoms with Crippen molar-refractivity contribution >= 4 is 5.78 Å². The standard InChI is InChI=1S/C18H28O3/c1-3-4-5-6-7-8-13-20-14-15-21-18-11-9-17(10-12-18)16(2)19/h9-12H,3-8,13-15H2,1-2H3. The van der Waals surface area contributed by atoms with Gasteiger partial charge in [0.15, 0.2) is 5.78 Å². The van der Waals surface area contributed by atoms with Gasteiger partial charge in [0.05, 0.1) is 6.61 Å². The average Bonchev–Trinajstić information content (AvgIpc) is 2.49. The lowest BCUT2D eigenvalue weighted by atomic mass is 10.1. The Morgan fingerprint density at radius 2 is 1.57 bits per heavy atom. The van der Waals surface area contributed by atoms with E-state index in [9.17, 15) is 4.79 Å². The SMILES string of the molecule is CCCCCCCCOCCOc1ccc(C(C)=O)cc1. The molecule has 0 radical (unpaired) electrons. The number of unbranched alkanes of at least 4 members (excludes halogenated alkanes) is 5. The van der Waals surface area contributed by atoms with E-state index in [2.05, 4.69) is 6.92 Å². The van der Waals surface area contributed by atoms with Gasteiger partial charge < -0.3 is 9.47 Å². The van der Waals surface area contributed by atoms with Gasteiger partial charge >= 0.3 is 0 Å². The van der Waals surface area contributed by atoms with Gasteiger partial charge in [0.1, 0.15) is 12.4 Å². The van der Waals surface area contributed by atoms with Gasteiger partial charge in [0.2, 0.25) is 0 Å². The second-order valence-electron chi connectivity index (χ2n) is 5.31. The molecule has 3 heteroatoms. The maximum Gasteiger partial charge on any atom is 0.159 e. The van der Waals surface area contributed by atoms with E-state index in [0.29, 0.717) is 18.8 Å². The molecule has 1 aromatic carbocycles. The number of ether oxygens (including phenoxy) is 2. The van der Waals surface area contributed by atoms with Crippen molar-refractivity contribution in [2.75, 3.05) is 19.8 Å². The van der Waals surface area contributed by atoms with Crippen LogP contribution in [0.4, 0.5) is 0 Å². The maximum absolute atomic E-state index is 11.1. The van der Waals surface area contributed by atoms with E-state index >= 15 is 0 Å². The molecular formula is C18H28O3. The minimum atomic E-state index is 0.0730. The number of carbonyl (C=O) groups is 1. The van der Waals surface area contributed by atoms with Crippen molar-refractivity contribution < 1.29 is 14.3 Å². The van der Waals surface area contributed by atoms with Gasteiger partial charge in [-0.05, 0) is 37.6 Å². The molecule has 0 atom stereocenters. The summed E-state index contributed by atoms with van der Waals surface area (Å²) in [5.74, 6) is 0.854. The van der Waals surface area contributed by atoms with Crippen LogP contribution < -0.4 is 4.74 Å². The molecule has 0 aliphatic rings. The van der Waals surface area contributed by atoms with E-state index in [-0.39, 0.29) is 5.78 Å². The molecule has 0 bridgehead atoms. The van der Waals surface area contributed by atoms with Crippen LogP contribution in [-0.2, 0) is 4.74 Å². The summed E-state index contributed by atoms with van der Waals surface area (Å²) >= 11 is 0. The van der Waals surface area contributed by atoms with Crippen molar-refractivity contribution in [3.63, 3.8) is 0 Å². The molecule has 0 amide bonds. The fraction of sp³-hybridized carbons (Fsp3) is 0.611. The van der Waals surface area contributed by atoms with Crippen LogP contribution in [0.2, 0.25) is 0 Å². The van der Waals surface area contributed by atoms with E-state index in [1.54, 1.807) is 19.1 Å². The van der Waals surface area contributed by atoms with Gasteiger partial charge in [0, 0.05) is 12.2 Å². The Labute approximate surface area is 128 Å². The van der Waals surface area contributed by atoms with Gasteiger partial charge in [-0.25, -0.2) is 0 Å². The first-order valence-electron chi connectivity index (χ1n) is 8.05. The highest BCUT2D eigenvalue weighted by Crippen LogP contribution is 2.12. The van der Waals surface area contributed by atoms with Gasteiger partial charge in [0.25, 0.3) is 0 Å². The Kier molecular flexibility index (Phi) is 9.55. The zero-order chi connectivity index (χ0) is 15.3. The van der Waals surface area contributed by atoms with E-state index in [0.717, 1.165) is 18.8 Å². The Morgan fingerprint density at radius 3 is 2.24 bits per heavy atom. The van der Waals surface area contributed by atoms with Gasteiger partial charge in [-0.3, -0.25) is 4.79 Å². The quantitative estimate of drug-likeness (QED) is 0.416. The van der Waals surface area contributed by atoms with Crippen LogP contribution >= 0.6 is 0 Å². The lowest BCUT2D eigenvalue weighted by Crippen LogP contribution is -2.07. The van der Waals surface area contributed by atoms with Crippen LogP contribution in [0.5, 0.6) is 5.75 Å². The molecular weight excluding hydrogens is 264 g/mol. The maximum atomic E-state index is 11.1. The summed E-state index contributed by atoms with van der Waals surface area (Å²) < 4.78 is 11.1. The van der Waals surface area contributed by atoms with Crippen LogP contribution in [0.3, 0.4) is 0 Å². The Balaban J connectivity index is 1.98. The second-order valence-corrected chi connectivity index (χ2v) is 5.31. The van der Waals surface area contributed by atoms with Crippen molar-refractivity contribution in [3.8, 4) is 5.75 Å². The summed E-state index contributed by atoms with van der Waals surface area (Å²) in [5.41, 5.74) is 0.710. The topological polar surface area (TPSA) is 35.5 Å². The fourth-order valence-corrected chi connectivity index (χ4v) is 2.09. The summed E-state index contributed by atoms with van der Waals surface area (Å²) in [5, 5.41) is 0. The van der Waals surface area contributed by atoms with Crippen molar-refractivity contribution in [3.05, 3.63) is 29.8 Å². The van der Waals surface area contributed by atoms with E-state index in [1.165, 1.54) is 32.1 Å². The third kappa shape index (κ3) is 8.51. The van der Waals surface area contributed by atoms with Gasteiger partial charge in [-0.15, -0.1) is 0 Å². The van der Waals surface area contributed by atoms with Crippen LogP contribution in [0.15, 0.2) is 24.3 Å². The van der Waals surface area contributed by atoms with Crippen molar-refractivity contribution in [2.45, 2.75) is 52.4 Å². The number of ketones is 1. The molecule has 0 N–H and O–H groups in total. The Morgan fingerprint density at radius 1 is 0.905 bits per heavy atom. The molecule has 1 aromatic rings. The summed E-state index contributed by atoms with van der Waals surface area (Å²) in [7, 11) is 0. The number of Topliss-reactive ketones (excluding diaryl/α,β-unsaturated/α-hetero) is 1. The lowest BCUT2D eigenvalue weighted by molar-refractivity contribution is 0.0969. The summed E-state index contributed by atoms with van der Waals surface area (Å²) in [6.45, 7) is 5.78. The fourth-order valence-electron chi connectivity index (χ4n) is 2.09. The van der Waals surface area contributed by atoms with Crippen LogP contribution in [0.1, 0.15) is 62.7 Å². The molecule has 0 aromatic heterocycles. The molecule has 21 heavy (non-hydrogen) atoms. The van der Waals surface area contributed by atoms with E-state index in [1.807, 2.05) is 12.1 Å². The first kappa shape index (κ1) is 17.7. The first-order chi connectivity index (χ1) is 10.2. The second kappa shape index (κ2) is 11.3. The number of benzene rings is 1. The molecule has 0 unspecified atom stereocenters. The highest BCUT2D eigenvalue weighted by atomic mass is 16.5. The van der Waals surface area contributed by atoms with Crippen LogP contribution in [0, 0.1) is 0 Å². The highest BCUT2D eigenvalue weighted by Gasteiger charge is 1.99. The molecule has 0 saturated carbocycles. The molecule has 1 rings (SSSR count). The largest absolute Gasteiger partial charge is 0.491 e. The zero-order valence-corrected chi connectivity index (χ0v) is 13.4. The third-order valence-corrected chi connectivity index (χ3v) is 3.40. The molecule has 0 heterocycles. The minimum Gasteiger partial charge on any atom is -0.491 e. The molecule has 0 fully saturated rings. The minimum absolute atomic E-state index is 0.0730. The number of hydrogen-bond acceptors (Lipinski definition) is 3. The van der Waals surface area contributed by atoms with Crippen LogP contribution in [0.25, 0.3) is 0 Å². The van der Waals surface area contributed by atoms with Crippen molar-refractivity contribution in [1.29, 1.82) is 0 Å². The Bertz CT molecular complexity index is 384. The van der Waals surface area contributed by atoms with Crippen LogP contribution in [-0.4, -0.2) is 25.6 Å². The van der Waals surface area contributed by atoms with E-state index in [4.69, 9.17) is 9.47 Å². The summed E-state index contributed by atoms with van der Waals surface area (Å²) in [6.07, 6.45) is 7.69. The van der Waals surface area contributed by atoms with E-state index < -0.39 is 0 Å². The van der Waals surface area contributed by atoms with Gasteiger partial charge in [-0.2, -0.15) is 0 Å². The summed E-state index contributed by atoms with van der Waals surface area (Å²) in [6, 6.07) is 7.22. The Hall–Kier alpha value is -1.35. The normalized spacial score (nSPS) is 10.6. The number of rotatable bonds is 12. The summed E-state index contributed by atoms with van der Waals surface area (Å²) in [4.78, 5) is 11.1. The van der Waals surface area contributed by atoms with Crippen molar-refractivity contribution in [1.82, 2.24) is 0 Å². The smallest absolute Gasteiger partial charge is 0.159 e. The predicted octanol–water partition coefficient (Wildman–Crippen LogP) is 4.65. The van der Waals surface area contributed by atoms with Gasteiger partial charge in [-0.1, -0.05) is 39.0 Å². The lowest BCUT2D eigenvalue weighted by Gasteiger charge is -2.07.